The minimum absolute atomic E-state index is 0. The summed E-state index contributed by atoms with van der Waals surface area (Å²) in [5, 5.41) is 6.26. The zero-order valence-corrected chi connectivity index (χ0v) is 12.0. The van der Waals surface area contributed by atoms with Crippen molar-refractivity contribution in [2.45, 2.75) is 6.92 Å². The molecule has 0 aliphatic rings. The third-order valence-corrected chi connectivity index (χ3v) is 2.49. The van der Waals surface area contributed by atoms with Gasteiger partial charge < -0.3 is 15.4 Å². The minimum atomic E-state index is -0.117. The number of halogens is 2. The Hall–Kier alpha value is -0.810. The van der Waals surface area contributed by atoms with Gasteiger partial charge in [-0.1, -0.05) is 17.7 Å². The van der Waals surface area contributed by atoms with E-state index in [0.29, 0.717) is 23.9 Å². The number of methoxy groups -OCH3 is 1. The summed E-state index contributed by atoms with van der Waals surface area (Å²) in [5.74, 6) is -0.117. The van der Waals surface area contributed by atoms with E-state index in [9.17, 15) is 4.79 Å². The molecule has 0 unspecified atom stereocenters. The number of benzene rings is 1. The van der Waals surface area contributed by atoms with E-state index in [2.05, 4.69) is 10.6 Å². The Labute approximate surface area is 118 Å². The molecule has 1 aromatic carbocycles. The van der Waals surface area contributed by atoms with Crippen LogP contribution in [-0.2, 0) is 9.53 Å². The average Bonchev–Trinajstić information content (AvgIpc) is 2.29. The van der Waals surface area contributed by atoms with Gasteiger partial charge >= 0.3 is 0 Å². The molecule has 102 valence electrons. The van der Waals surface area contributed by atoms with Crippen LogP contribution in [-0.4, -0.2) is 32.7 Å². The molecule has 0 aliphatic heterocycles. The summed E-state index contributed by atoms with van der Waals surface area (Å²) in [6.07, 6.45) is 0. The van der Waals surface area contributed by atoms with E-state index in [-0.39, 0.29) is 24.9 Å². The van der Waals surface area contributed by atoms with E-state index in [1.54, 1.807) is 13.2 Å². The molecule has 1 amide bonds. The number of ether oxygens (including phenoxy) is 1. The van der Waals surface area contributed by atoms with E-state index < -0.39 is 0 Å². The number of rotatable bonds is 6. The number of amides is 1. The fourth-order valence-electron chi connectivity index (χ4n) is 1.31. The largest absolute Gasteiger partial charge is 0.383 e. The highest BCUT2D eigenvalue weighted by Crippen LogP contribution is 2.22. The monoisotopic (exact) mass is 292 g/mol. The van der Waals surface area contributed by atoms with Crippen molar-refractivity contribution in [2.24, 2.45) is 0 Å². The smallest absolute Gasteiger partial charge is 0.238 e. The first kappa shape index (κ1) is 17.2. The summed E-state index contributed by atoms with van der Waals surface area (Å²) in [5.41, 5.74) is 1.70. The van der Waals surface area contributed by atoms with Crippen LogP contribution in [0.5, 0.6) is 0 Å². The van der Waals surface area contributed by atoms with E-state index in [1.165, 1.54) is 0 Å². The summed E-state index contributed by atoms with van der Waals surface area (Å²) < 4.78 is 4.86. The molecule has 0 saturated carbocycles. The average molecular weight is 293 g/mol. The number of carbonyl (C=O) groups is 1. The first-order valence-corrected chi connectivity index (χ1v) is 5.77. The Balaban J connectivity index is 0.00000289. The van der Waals surface area contributed by atoms with Gasteiger partial charge in [0, 0.05) is 13.7 Å². The fourth-order valence-corrected chi connectivity index (χ4v) is 1.47. The summed E-state index contributed by atoms with van der Waals surface area (Å²) in [4.78, 5) is 11.6. The van der Waals surface area contributed by atoms with Gasteiger partial charge in [-0.25, -0.2) is 0 Å². The first-order chi connectivity index (χ1) is 8.13. The van der Waals surface area contributed by atoms with Crippen molar-refractivity contribution in [1.82, 2.24) is 5.32 Å². The zero-order chi connectivity index (χ0) is 12.7. The van der Waals surface area contributed by atoms with Crippen LogP contribution >= 0.6 is 24.0 Å². The molecule has 2 N–H and O–H groups in total. The Morgan fingerprint density at radius 2 is 2.17 bits per heavy atom. The van der Waals surface area contributed by atoms with Gasteiger partial charge in [0.2, 0.25) is 5.91 Å². The number of aryl methyl sites for hydroxylation is 1. The third-order valence-electron chi connectivity index (χ3n) is 2.16. The van der Waals surface area contributed by atoms with Crippen molar-refractivity contribution in [1.29, 1.82) is 0 Å². The lowest BCUT2D eigenvalue weighted by molar-refractivity contribution is -0.115. The number of carbonyl (C=O) groups excluding carboxylic acids is 1. The predicted molar refractivity (Wildman–Crippen MR) is 76.8 cm³/mol. The van der Waals surface area contributed by atoms with Gasteiger partial charge in [0.15, 0.2) is 0 Å². The summed E-state index contributed by atoms with van der Waals surface area (Å²) in [6.45, 7) is 3.42. The van der Waals surface area contributed by atoms with Crippen molar-refractivity contribution in [3.8, 4) is 0 Å². The maximum atomic E-state index is 11.6. The summed E-state index contributed by atoms with van der Waals surface area (Å²) in [6, 6.07) is 5.51. The van der Waals surface area contributed by atoms with Gasteiger partial charge in [0.05, 0.1) is 23.9 Å². The number of nitrogens with one attached hydrogen (secondary N) is 2. The second-order valence-electron chi connectivity index (χ2n) is 3.70. The van der Waals surface area contributed by atoms with Crippen LogP contribution in [0.25, 0.3) is 0 Å². The lowest BCUT2D eigenvalue weighted by Crippen LogP contribution is -2.30. The molecule has 6 heteroatoms. The Kier molecular flexibility index (Phi) is 8.75. The Morgan fingerprint density at radius 1 is 1.44 bits per heavy atom. The highest BCUT2D eigenvalue weighted by atomic mass is 35.5. The van der Waals surface area contributed by atoms with Crippen LogP contribution in [0.2, 0.25) is 5.02 Å². The normalized spacial score (nSPS) is 9.72. The number of hydrogen-bond acceptors (Lipinski definition) is 3. The fraction of sp³-hybridized carbons (Fsp3) is 0.417. The first-order valence-electron chi connectivity index (χ1n) is 5.39. The third kappa shape index (κ3) is 6.21. The van der Waals surface area contributed by atoms with Crippen LogP contribution in [0.1, 0.15) is 5.56 Å². The van der Waals surface area contributed by atoms with E-state index in [1.807, 2.05) is 19.1 Å². The minimum Gasteiger partial charge on any atom is -0.383 e. The molecule has 0 atom stereocenters. The molecule has 0 bridgehead atoms. The van der Waals surface area contributed by atoms with Crippen LogP contribution in [0.15, 0.2) is 18.2 Å². The molecule has 0 heterocycles. The van der Waals surface area contributed by atoms with Gasteiger partial charge in [-0.3, -0.25) is 4.79 Å². The molecular weight excluding hydrogens is 275 g/mol. The molecular formula is C12H18Cl2N2O2. The summed E-state index contributed by atoms with van der Waals surface area (Å²) in [7, 11) is 1.62. The predicted octanol–water partition coefficient (Wildman–Crippen LogP) is 2.24. The van der Waals surface area contributed by atoms with Crippen molar-refractivity contribution in [3.63, 3.8) is 0 Å². The van der Waals surface area contributed by atoms with E-state index in [4.69, 9.17) is 16.3 Å². The quantitative estimate of drug-likeness (QED) is 0.791. The van der Waals surface area contributed by atoms with Crippen LogP contribution in [0, 0.1) is 6.92 Å². The van der Waals surface area contributed by atoms with E-state index >= 15 is 0 Å². The molecule has 1 rings (SSSR count). The van der Waals surface area contributed by atoms with Crippen molar-refractivity contribution in [3.05, 3.63) is 28.8 Å². The molecule has 0 radical (unpaired) electrons. The molecule has 0 fully saturated rings. The van der Waals surface area contributed by atoms with Gasteiger partial charge in [0.1, 0.15) is 0 Å². The van der Waals surface area contributed by atoms with Crippen molar-refractivity contribution >= 4 is 35.6 Å². The van der Waals surface area contributed by atoms with Gasteiger partial charge in [-0.2, -0.15) is 0 Å². The number of hydrogen-bond donors (Lipinski definition) is 2. The van der Waals surface area contributed by atoms with E-state index in [0.717, 1.165) is 5.56 Å². The Bertz CT molecular complexity index is 386. The van der Waals surface area contributed by atoms with Gasteiger partial charge in [0.25, 0.3) is 0 Å². The van der Waals surface area contributed by atoms with Gasteiger partial charge in [-0.05, 0) is 24.6 Å². The molecule has 0 saturated heterocycles. The van der Waals surface area contributed by atoms with Crippen molar-refractivity contribution in [2.75, 3.05) is 32.1 Å². The second kappa shape index (κ2) is 9.16. The molecule has 0 spiro atoms. The maximum absolute atomic E-state index is 11.6. The summed E-state index contributed by atoms with van der Waals surface area (Å²) >= 11 is 5.97. The maximum Gasteiger partial charge on any atom is 0.238 e. The molecule has 18 heavy (non-hydrogen) atoms. The standard InChI is InChI=1S/C12H17ClN2O2.ClH/c1-9-3-4-10(13)11(7-9)15-12(16)8-14-5-6-17-2;/h3-4,7,14H,5-6,8H2,1-2H3,(H,15,16);1H. The molecule has 0 aromatic heterocycles. The van der Waals surface area contributed by atoms with Gasteiger partial charge in [-0.15, -0.1) is 12.4 Å². The van der Waals surface area contributed by atoms with Crippen LogP contribution in [0.4, 0.5) is 5.69 Å². The second-order valence-corrected chi connectivity index (χ2v) is 4.11. The topological polar surface area (TPSA) is 50.4 Å². The zero-order valence-electron chi connectivity index (χ0n) is 10.5. The lowest BCUT2D eigenvalue weighted by atomic mass is 10.2. The van der Waals surface area contributed by atoms with Crippen LogP contribution in [0.3, 0.4) is 0 Å². The highest BCUT2D eigenvalue weighted by molar-refractivity contribution is 6.33. The molecule has 4 nitrogen and oxygen atoms in total. The number of anilines is 1. The lowest BCUT2D eigenvalue weighted by Gasteiger charge is -2.08. The Morgan fingerprint density at radius 3 is 2.83 bits per heavy atom. The molecule has 1 aromatic rings. The highest BCUT2D eigenvalue weighted by Gasteiger charge is 2.05. The van der Waals surface area contributed by atoms with Crippen LogP contribution < -0.4 is 10.6 Å². The SMILES string of the molecule is COCCNCC(=O)Nc1cc(C)ccc1Cl.Cl. The molecule has 0 aliphatic carbocycles. The van der Waals surface area contributed by atoms with Crippen molar-refractivity contribution < 1.29 is 9.53 Å².